The molecule has 112 valence electrons. The molecule has 0 N–H and O–H groups in total. The topological polar surface area (TPSA) is 64.6 Å². The maximum atomic E-state index is 5.11. The Hall–Kier alpha value is 0.588. The van der Waals surface area contributed by atoms with Crippen molar-refractivity contribution in [1.29, 1.82) is 0 Å². The first-order valence-corrected chi connectivity index (χ1v) is 15.1. The summed E-state index contributed by atoms with van der Waals surface area (Å²) in [6, 6.07) is 0. The molecule has 0 unspecified atom stereocenters. The Labute approximate surface area is 117 Å². The Morgan fingerprint density at radius 2 is 1.00 bits per heavy atom. The molecule has 11 heteroatoms. The van der Waals surface area contributed by atoms with E-state index in [1.807, 2.05) is 0 Å². The molecule has 0 bridgehead atoms. The van der Waals surface area contributed by atoms with Gasteiger partial charge in [-0.1, -0.05) is 0 Å². The fourth-order valence-corrected chi connectivity index (χ4v) is 4.68. The number of rotatable bonds is 8. The Balaban J connectivity index is 0. The van der Waals surface area contributed by atoms with Gasteiger partial charge in [0.2, 0.25) is 0 Å². The maximum Gasteiger partial charge on any atom is 0.494 e. The fourth-order valence-electron chi connectivity index (χ4n) is 0.854. The molecule has 0 fully saturated rings. The molecule has 0 heterocycles. The minimum Gasteiger partial charge on any atom is -0.421 e. The third-order valence-electron chi connectivity index (χ3n) is 2.37. The van der Waals surface area contributed by atoms with Gasteiger partial charge in [-0.15, -0.1) is 0 Å². The molecule has 0 radical (unpaired) electrons. The molecule has 7 nitrogen and oxygen atoms in total. The lowest BCUT2D eigenvalue weighted by Gasteiger charge is -2.22. The Bertz CT molecular complexity index is 172. The van der Waals surface area contributed by atoms with E-state index >= 15 is 0 Å². The van der Waals surface area contributed by atoms with Gasteiger partial charge in [-0.25, -0.2) is 0 Å². The Kier molecular flexibility index (Phi) is 13.3. The fraction of sp³-hybridized carbons (Fsp3) is 1.00. The van der Waals surface area contributed by atoms with Crippen LogP contribution in [0.25, 0.3) is 0 Å². The first-order valence-electron chi connectivity index (χ1n) is 5.22. The number of hydrogen-bond donors (Lipinski definition) is 0. The van der Waals surface area contributed by atoms with Crippen LogP contribution in [0.4, 0.5) is 0 Å². The highest BCUT2D eigenvalue weighted by atomic mass is 29.2. The zero-order valence-electron chi connectivity index (χ0n) is 12.6. The van der Waals surface area contributed by atoms with Gasteiger partial charge in [0.05, 0.1) is 0 Å². The van der Waals surface area contributed by atoms with Crippen molar-refractivity contribution in [3.63, 3.8) is 0 Å². The molecule has 0 spiro atoms. The summed E-state index contributed by atoms with van der Waals surface area (Å²) < 4.78 is 35.3. The summed E-state index contributed by atoms with van der Waals surface area (Å²) in [5.41, 5.74) is 0. The van der Waals surface area contributed by atoms with Crippen LogP contribution in [0.3, 0.4) is 0 Å². The maximum absolute atomic E-state index is 5.11. The van der Waals surface area contributed by atoms with E-state index in [-0.39, 0.29) is 0 Å². The average molecular weight is 335 g/mol. The van der Waals surface area contributed by atoms with Gasteiger partial charge in [-0.2, -0.15) is 0 Å². The molecule has 0 aromatic carbocycles. The second-order valence-corrected chi connectivity index (χ2v) is 16.7. The van der Waals surface area contributed by atoms with Crippen LogP contribution in [0, 0.1) is 0 Å². The van der Waals surface area contributed by atoms with Gasteiger partial charge in [0, 0.05) is 49.8 Å². The van der Waals surface area contributed by atoms with Gasteiger partial charge in [-0.05, 0) is 0 Å². The Morgan fingerprint density at radius 1 is 0.667 bits per heavy atom. The molecular formula is C7H26O7Si4. The van der Waals surface area contributed by atoms with Crippen LogP contribution in [-0.2, 0) is 31.0 Å². The van der Waals surface area contributed by atoms with Crippen LogP contribution in [0.15, 0.2) is 0 Å². The molecule has 0 aromatic heterocycles. The second kappa shape index (κ2) is 11.4. The monoisotopic (exact) mass is 334 g/mol. The zero-order chi connectivity index (χ0) is 14.7. The molecule has 0 amide bonds. The van der Waals surface area contributed by atoms with Crippen molar-refractivity contribution < 1.29 is 31.0 Å². The van der Waals surface area contributed by atoms with E-state index in [1.165, 1.54) is 0 Å². The van der Waals surface area contributed by atoms with Crippen LogP contribution in [-0.4, -0.2) is 85.5 Å². The predicted molar refractivity (Wildman–Crippen MR) is 79.1 cm³/mol. The molecule has 0 aliphatic rings. The standard InChI is InChI=1S/C4H14O4Si2.C3H12O3Si2/c1-5-9-10(6-2,7-3)8-4;1-4-8(7,5-2)6-3/h9H2,1-4H3;1-3,7H3. The SMILES string of the molecule is CO[SiH2][Si](OC)(OC)OC.CO[Si]([SiH3])(OC)OC. The van der Waals surface area contributed by atoms with Gasteiger partial charge in [0.15, 0.2) is 0 Å². The molecule has 0 rings (SSSR count). The molecule has 0 aliphatic carbocycles. The lowest BCUT2D eigenvalue weighted by Crippen LogP contribution is -2.50. The molecule has 0 saturated heterocycles. The van der Waals surface area contributed by atoms with E-state index in [2.05, 4.69) is 0 Å². The first kappa shape index (κ1) is 20.9. The van der Waals surface area contributed by atoms with Crippen molar-refractivity contribution in [3.05, 3.63) is 0 Å². The summed E-state index contributed by atoms with van der Waals surface area (Å²) in [6.45, 7) is 0. The van der Waals surface area contributed by atoms with Crippen LogP contribution in [0.5, 0.6) is 0 Å². The van der Waals surface area contributed by atoms with Crippen LogP contribution in [0.2, 0.25) is 0 Å². The predicted octanol–water partition coefficient (Wildman–Crippen LogP) is -2.18. The van der Waals surface area contributed by atoms with E-state index in [0.29, 0.717) is 0 Å². The lowest BCUT2D eigenvalue weighted by atomic mass is 11.8. The van der Waals surface area contributed by atoms with E-state index in [0.717, 1.165) is 9.76 Å². The molecule has 18 heavy (non-hydrogen) atoms. The van der Waals surface area contributed by atoms with E-state index in [1.54, 1.807) is 49.8 Å². The van der Waals surface area contributed by atoms with Gasteiger partial charge >= 0.3 is 16.6 Å². The highest BCUT2D eigenvalue weighted by molar-refractivity contribution is 7.12. The minimum atomic E-state index is -2.30. The van der Waals surface area contributed by atoms with E-state index in [4.69, 9.17) is 31.0 Å². The summed E-state index contributed by atoms with van der Waals surface area (Å²) in [5, 5.41) is 0. The lowest BCUT2D eigenvalue weighted by molar-refractivity contribution is 0.142. The average Bonchev–Trinajstić information content (AvgIpc) is 2.45. The molecule has 0 atom stereocenters. The van der Waals surface area contributed by atoms with E-state index < -0.39 is 25.9 Å². The zero-order valence-corrected chi connectivity index (χ0v) is 18.0. The van der Waals surface area contributed by atoms with Crippen molar-refractivity contribution in [2.24, 2.45) is 0 Å². The highest BCUT2D eigenvalue weighted by Gasteiger charge is 2.38. The molecular weight excluding hydrogens is 308 g/mol. The van der Waals surface area contributed by atoms with Gasteiger partial charge in [-0.3, -0.25) is 0 Å². The molecule has 0 saturated carbocycles. The van der Waals surface area contributed by atoms with Crippen molar-refractivity contribution in [1.82, 2.24) is 0 Å². The minimum absolute atomic E-state index is 0.799. The second-order valence-electron chi connectivity index (χ2n) is 3.20. The Morgan fingerprint density at radius 3 is 1.06 bits per heavy atom. The third-order valence-corrected chi connectivity index (χ3v) is 15.3. The largest absolute Gasteiger partial charge is 0.494 e. The van der Waals surface area contributed by atoms with Crippen LogP contribution in [0.1, 0.15) is 0 Å². The summed E-state index contributed by atoms with van der Waals surface area (Å²) in [4.78, 5) is 0. The third kappa shape index (κ3) is 7.90. The highest BCUT2D eigenvalue weighted by Crippen LogP contribution is 2.02. The summed E-state index contributed by atoms with van der Waals surface area (Å²) in [5.74, 6) is 0. The summed E-state index contributed by atoms with van der Waals surface area (Å²) in [7, 11) is 6.97. The van der Waals surface area contributed by atoms with Gasteiger partial charge in [0.1, 0.15) is 9.76 Å². The van der Waals surface area contributed by atoms with E-state index in [9.17, 15) is 0 Å². The normalized spacial score (nSPS) is 12.8. The summed E-state index contributed by atoms with van der Waals surface area (Å²) >= 11 is 0. The van der Waals surface area contributed by atoms with Crippen LogP contribution >= 0.6 is 0 Å². The van der Waals surface area contributed by atoms with Gasteiger partial charge < -0.3 is 31.0 Å². The molecule has 0 aliphatic heterocycles. The quantitative estimate of drug-likeness (QED) is 0.468. The van der Waals surface area contributed by atoms with Crippen molar-refractivity contribution in [3.8, 4) is 0 Å². The van der Waals surface area contributed by atoms with Crippen LogP contribution < -0.4 is 0 Å². The van der Waals surface area contributed by atoms with Crippen molar-refractivity contribution in [2.75, 3.05) is 49.8 Å². The first-order chi connectivity index (χ1) is 8.42. The number of hydrogen-bond acceptors (Lipinski definition) is 7. The van der Waals surface area contributed by atoms with Crippen molar-refractivity contribution >= 4 is 35.7 Å². The smallest absolute Gasteiger partial charge is 0.421 e. The van der Waals surface area contributed by atoms with Gasteiger partial charge in [0.25, 0.3) is 9.28 Å². The summed E-state index contributed by atoms with van der Waals surface area (Å²) in [6.07, 6.45) is 0. The molecule has 0 aromatic rings. The van der Waals surface area contributed by atoms with Crippen molar-refractivity contribution in [2.45, 2.75) is 0 Å².